The molecule has 2 N–H and O–H groups in total. The van der Waals surface area contributed by atoms with Gasteiger partial charge in [-0.3, -0.25) is 0 Å². The van der Waals surface area contributed by atoms with E-state index in [2.05, 4.69) is 10.3 Å². The van der Waals surface area contributed by atoms with Crippen LogP contribution in [0.25, 0.3) is 0 Å². The second kappa shape index (κ2) is 4.66. The molecule has 0 spiro atoms. The zero-order valence-electron chi connectivity index (χ0n) is 8.13. The van der Waals surface area contributed by atoms with Crippen molar-refractivity contribution in [1.82, 2.24) is 10.3 Å². The summed E-state index contributed by atoms with van der Waals surface area (Å²) in [6, 6.07) is 2.02. The lowest BCUT2D eigenvalue weighted by atomic mass is 10.0. The van der Waals surface area contributed by atoms with Crippen LogP contribution in [-0.4, -0.2) is 16.6 Å². The van der Waals surface area contributed by atoms with Crippen molar-refractivity contribution in [2.75, 3.05) is 6.54 Å². The molecule has 1 unspecified atom stereocenters. The Labute approximate surface area is 98.4 Å². The van der Waals surface area contributed by atoms with Crippen LogP contribution in [0.1, 0.15) is 30.0 Å². The Morgan fingerprint density at radius 1 is 1.53 bits per heavy atom. The molecule has 5 heteroatoms. The quantitative estimate of drug-likeness (QED) is 0.788. The molecule has 1 atom stereocenters. The van der Waals surface area contributed by atoms with Crippen LogP contribution >= 0.6 is 23.2 Å². The first-order chi connectivity index (χ1) is 7.22. The van der Waals surface area contributed by atoms with Crippen molar-refractivity contribution in [1.29, 1.82) is 0 Å². The predicted octanol–water partition coefficient (Wildman–Crippen LogP) is 2.31. The Kier molecular flexibility index (Phi) is 3.46. The van der Waals surface area contributed by atoms with Crippen LogP contribution in [0.4, 0.5) is 0 Å². The van der Waals surface area contributed by atoms with Crippen molar-refractivity contribution in [3.05, 3.63) is 27.5 Å². The Bertz CT molecular complexity index is 365. The Balaban J connectivity index is 2.42. The number of halogens is 2. The molecule has 0 amide bonds. The van der Waals surface area contributed by atoms with Gasteiger partial charge in [0.25, 0.3) is 0 Å². The summed E-state index contributed by atoms with van der Waals surface area (Å²) in [7, 11) is 0. The third-order valence-corrected chi connectivity index (χ3v) is 3.18. The van der Waals surface area contributed by atoms with Gasteiger partial charge in [0.15, 0.2) is 0 Å². The molecule has 1 fully saturated rings. The van der Waals surface area contributed by atoms with E-state index in [1.54, 1.807) is 6.07 Å². The first kappa shape index (κ1) is 11.1. The highest BCUT2D eigenvalue weighted by molar-refractivity contribution is 6.33. The number of rotatable bonds is 2. The number of aliphatic hydroxyl groups excluding tert-OH is 1. The minimum absolute atomic E-state index is 0.101. The first-order valence-corrected chi connectivity index (χ1v) is 5.67. The van der Waals surface area contributed by atoms with E-state index in [-0.39, 0.29) is 12.6 Å². The Morgan fingerprint density at radius 2 is 2.33 bits per heavy atom. The van der Waals surface area contributed by atoms with E-state index in [0.717, 1.165) is 24.9 Å². The highest BCUT2D eigenvalue weighted by Gasteiger charge is 2.21. The molecule has 2 rings (SSSR count). The molecule has 0 aromatic carbocycles. The number of aliphatic hydroxyl groups is 1. The van der Waals surface area contributed by atoms with Crippen molar-refractivity contribution < 1.29 is 5.11 Å². The lowest BCUT2D eigenvalue weighted by molar-refractivity contribution is 0.279. The molecule has 0 bridgehead atoms. The zero-order chi connectivity index (χ0) is 10.8. The molecule has 1 aliphatic rings. The van der Waals surface area contributed by atoms with Crippen molar-refractivity contribution in [3.8, 4) is 0 Å². The zero-order valence-corrected chi connectivity index (χ0v) is 9.65. The normalized spacial score (nSPS) is 20.9. The lowest BCUT2D eigenvalue weighted by Gasteiger charge is -2.15. The summed E-state index contributed by atoms with van der Waals surface area (Å²) in [4.78, 5) is 3.92. The fraction of sp³-hybridized carbons (Fsp3) is 0.500. The van der Waals surface area contributed by atoms with Crippen LogP contribution in [-0.2, 0) is 6.61 Å². The summed E-state index contributed by atoms with van der Waals surface area (Å²) >= 11 is 11.8. The van der Waals surface area contributed by atoms with Gasteiger partial charge in [-0.05, 0) is 31.0 Å². The summed E-state index contributed by atoms with van der Waals surface area (Å²) in [5.74, 6) is 0. The van der Waals surface area contributed by atoms with Crippen LogP contribution in [0.5, 0.6) is 0 Å². The van der Waals surface area contributed by atoms with E-state index in [0.29, 0.717) is 15.9 Å². The molecule has 1 saturated heterocycles. The highest BCUT2D eigenvalue weighted by Crippen LogP contribution is 2.31. The van der Waals surface area contributed by atoms with E-state index in [1.165, 1.54) is 0 Å². The van der Waals surface area contributed by atoms with Crippen molar-refractivity contribution in [3.63, 3.8) is 0 Å². The van der Waals surface area contributed by atoms with Crippen molar-refractivity contribution in [2.24, 2.45) is 0 Å². The third kappa shape index (κ3) is 2.26. The SMILES string of the molecule is OCc1c(C2CCCN2)cc(Cl)nc1Cl. The number of hydrogen-bond donors (Lipinski definition) is 2. The van der Waals surface area contributed by atoms with Gasteiger partial charge in [-0.15, -0.1) is 0 Å². The molecule has 1 aromatic heterocycles. The van der Waals surface area contributed by atoms with Gasteiger partial charge in [-0.2, -0.15) is 0 Å². The monoisotopic (exact) mass is 246 g/mol. The van der Waals surface area contributed by atoms with Gasteiger partial charge in [0.1, 0.15) is 10.3 Å². The molecule has 1 aromatic rings. The predicted molar refractivity (Wildman–Crippen MR) is 60.2 cm³/mol. The maximum atomic E-state index is 9.26. The van der Waals surface area contributed by atoms with Crippen LogP contribution in [0, 0.1) is 0 Å². The fourth-order valence-corrected chi connectivity index (χ4v) is 2.45. The summed E-state index contributed by atoms with van der Waals surface area (Å²) in [5.41, 5.74) is 1.65. The molecule has 82 valence electrons. The maximum absolute atomic E-state index is 9.26. The standard InChI is InChI=1S/C10H12Cl2N2O/c11-9-4-6(8-2-1-3-13-8)7(5-15)10(12)14-9/h4,8,13,15H,1-3,5H2. The van der Waals surface area contributed by atoms with Crippen LogP contribution in [0.15, 0.2) is 6.07 Å². The number of pyridine rings is 1. The number of nitrogens with zero attached hydrogens (tertiary/aromatic N) is 1. The average Bonchev–Trinajstić information content (AvgIpc) is 2.69. The summed E-state index contributed by atoms with van der Waals surface area (Å²) in [6.45, 7) is 0.892. The van der Waals surface area contributed by atoms with Gasteiger partial charge in [0.2, 0.25) is 0 Å². The van der Waals surface area contributed by atoms with Gasteiger partial charge in [-0.25, -0.2) is 4.98 Å². The fourth-order valence-electron chi connectivity index (χ4n) is 1.95. The molecule has 15 heavy (non-hydrogen) atoms. The topological polar surface area (TPSA) is 45.1 Å². The third-order valence-electron chi connectivity index (χ3n) is 2.67. The van der Waals surface area contributed by atoms with Crippen molar-refractivity contribution >= 4 is 23.2 Å². The van der Waals surface area contributed by atoms with Crippen LogP contribution in [0.3, 0.4) is 0 Å². The number of aromatic nitrogens is 1. The minimum atomic E-state index is -0.101. The van der Waals surface area contributed by atoms with E-state index < -0.39 is 0 Å². The summed E-state index contributed by atoms with van der Waals surface area (Å²) in [5, 5.41) is 13.3. The van der Waals surface area contributed by atoms with E-state index in [1.807, 2.05) is 0 Å². The molecular weight excluding hydrogens is 235 g/mol. The minimum Gasteiger partial charge on any atom is -0.392 e. The number of hydrogen-bond acceptors (Lipinski definition) is 3. The van der Waals surface area contributed by atoms with Crippen LogP contribution in [0.2, 0.25) is 10.3 Å². The van der Waals surface area contributed by atoms with Gasteiger partial charge in [-0.1, -0.05) is 23.2 Å². The van der Waals surface area contributed by atoms with Gasteiger partial charge in [0.05, 0.1) is 6.61 Å². The van der Waals surface area contributed by atoms with Gasteiger partial charge >= 0.3 is 0 Å². The largest absolute Gasteiger partial charge is 0.392 e. The lowest BCUT2D eigenvalue weighted by Crippen LogP contribution is -2.15. The molecule has 0 aliphatic carbocycles. The van der Waals surface area contributed by atoms with Crippen molar-refractivity contribution in [2.45, 2.75) is 25.5 Å². The molecule has 1 aliphatic heterocycles. The second-order valence-electron chi connectivity index (χ2n) is 3.61. The molecule has 2 heterocycles. The smallest absolute Gasteiger partial charge is 0.136 e. The van der Waals surface area contributed by atoms with Gasteiger partial charge < -0.3 is 10.4 Å². The first-order valence-electron chi connectivity index (χ1n) is 4.91. The van der Waals surface area contributed by atoms with E-state index in [9.17, 15) is 5.11 Å². The highest BCUT2D eigenvalue weighted by atomic mass is 35.5. The molecule has 0 radical (unpaired) electrons. The Morgan fingerprint density at radius 3 is 2.93 bits per heavy atom. The van der Waals surface area contributed by atoms with E-state index >= 15 is 0 Å². The summed E-state index contributed by atoms with van der Waals surface area (Å²) < 4.78 is 0. The second-order valence-corrected chi connectivity index (χ2v) is 4.36. The molecule has 3 nitrogen and oxygen atoms in total. The summed E-state index contributed by atoms with van der Waals surface area (Å²) in [6.07, 6.45) is 2.18. The van der Waals surface area contributed by atoms with Crippen LogP contribution < -0.4 is 5.32 Å². The molecule has 0 saturated carbocycles. The Hall–Kier alpha value is -0.350. The van der Waals surface area contributed by atoms with Gasteiger partial charge in [0, 0.05) is 11.6 Å². The number of nitrogens with one attached hydrogen (secondary N) is 1. The maximum Gasteiger partial charge on any atom is 0.136 e. The molecular formula is C10H12Cl2N2O. The average molecular weight is 247 g/mol. The van der Waals surface area contributed by atoms with E-state index in [4.69, 9.17) is 23.2 Å².